The molecule has 1 aromatic heterocycles. The lowest BCUT2D eigenvalue weighted by Gasteiger charge is -2.22. The number of carbonyl (C=O) groups excluding carboxylic acids is 1. The van der Waals surface area contributed by atoms with E-state index in [0.717, 1.165) is 15.7 Å². The lowest BCUT2D eigenvalue weighted by molar-refractivity contribution is 0.0811. The Labute approximate surface area is 165 Å². The summed E-state index contributed by atoms with van der Waals surface area (Å²) in [4.78, 5) is 25.7. The predicted molar refractivity (Wildman–Crippen MR) is 107 cm³/mol. The zero-order chi connectivity index (χ0) is 21.2. The maximum atomic E-state index is 13.1. The van der Waals surface area contributed by atoms with Gasteiger partial charge >= 0.3 is 0 Å². The molecule has 1 aromatic carbocycles. The molecule has 2 aromatic rings. The van der Waals surface area contributed by atoms with Crippen LogP contribution in [0.1, 0.15) is 65.8 Å². The maximum absolute atomic E-state index is 13.1. The van der Waals surface area contributed by atoms with Crippen LogP contribution in [0, 0.1) is 32.1 Å². The van der Waals surface area contributed by atoms with Gasteiger partial charge < -0.3 is 9.84 Å². The number of Topliss-reactive ketones (excluding diaryl/α,β-unsaturated/α-hetero) is 1. The van der Waals surface area contributed by atoms with Crippen molar-refractivity contribution in [3.63, 3.8) is 0 Å². The van der Waals surface area contributed by atoms with Gasteiger partial charge in [0.2, 0.25) is 11.7 Å². The Morgan fingerprint density at radius 3 is 2.46 bits per heavy atom. The SMILES string of the molecule is CCC(C)n1c(O)c(C(=O)C(C)Oc2cccc(C)c2C)c(C)c(C#N)c1=O. The lowest BCUT2D eigenvalue weighted by atomic mass is 9.98. The molecule has 28 heavy (non-hydrogen) atoms. The summed E-state index contributed by atoms with van der Waals surface area (Å²) < 4.78 is 6.97. The maximum Gasteiger partial charge on any atom is 0.271 e. The zero-order valence-corrected chi connectivity index (χ0v) is 17.2. The first kappa shape index (κ1) is 21.2. The highest BCUT2D eigenvalue weighted by molar-refractivity contribution is 6.03. The molecule has 0 aliphatic heterocycles. The monoisotopic (exact) mass is 382 g/mol. The molecule has 6 nitrogen and oxygen atoms in total. The Balaban J connectivity index is 2.57. The van der Waals surface area contributed by atoms with Crippen molar-refractivity contribution >= 4 is 5.78 Å². The Morgan fingerprint density at radius 2 is 1.89 bits per heavy atom. The number of hydrogen-bond donors (Lipinski definition) is 1. The number of nitriles is 1. The third-order valence-corrected chi connectivity index (χ3v) is 5.25. The summed E-state index contributed by atoms with van der Waals surface area (Å²) in [7, 11) is 0. The van der Waals surface area contributed by atoms with E-state index in [4.69, 9.17) is 4.74 Å². The number of pyridine rings is 1. The van der Waals surface area contributed by atoms with Gasteiger partial charge in [-0.25, -0.2) is 0 Å². The molecule has 0 radical (unpaired) electrons. The molecule has 6 heteroatoms. The minimum absolute atomic E-state index is 0.0470. The molecule has 2 atom stereocenters. The normalized spacial score (nSPS) is 12.9. The van der Waals surface area contributed by atoms with Crippen molar-refractivity contribution in [2.45, 2.75) is 60.1 Å². The lowest BCUT2D eigenvalue weighted by Crippen LogP contribution is -2.32. The van der Waals surface area contributed by atoms with Crippen LogP contribution in [0.5, 0.6) is 11.6 Å². The summed E-state index contributed by atoms with van der Waals surface area (Å²) in [5, 5.41) is 20.2. The predicted octanol–water partition coefficient (Wildman–Crippen LogP) is 3.97. The first-order valence-electron chi connectivity index (χ1n) is 9.30. The van der Waals surface area contributed by atoms with Crippen molar-refractivity contribution in [2.24, 2.45) is 0 Å². The Kier molecular flexibility index (Phi) is 6.30. The minimum atomic E-state index is -0.903. The van der Waals surface area contributed by atoms with E-state index in [1.165, 1.54) is 6.92 Å². The summed E-state index contributed by atoms with van der Waals surface area (Å²) in [6.45, 7) is 10.6. The highest BCUT2D eigenvalue weighted by atomic mass is 16.5. The van der Waals surface area contributed by atoms with Crippen LogP contribution < -0.4 is 10.3 Å². The van der Waals surface area contributed by atoms with Crippen LogP contribution >= 0.6 is 0 Å². The number of hydrogen-bond acceptors (Lipinski definition) is 5. The van der Waals surface area contributed by atoms with E-state index in [0.29, 0.717) is 12.2 Å². The molecule has 0 fully saturated rings. The third kappa shape index (κ3) is 3.65. The van der Waals surface area contributed by atoms with Crippen molar-refractivity contribution in [1.82, 2.24) is 4.57 Å². The minimum Gasteiger partial charge on any atom is -0.494 e. The molecule has 0 saturated heterocycles. The molecule has 0 spiro atoms. The van der Waals surface area contributed by atoms with E-state index in [-0.39, 0.29) is 22.7 Å². The number of rotatable bonds is 6. The van der Waals surface area contributed by atoms with Crippen LogP contribution in [0.25, 0.3) is 0 Å². The third-order valence-electron chi connectivity index (χ3n) is 5.25. The van der Waals surface area contributed by atoms with Crippen LogP contribution in [0.15, 0.2) is 23.0 Å². The van der Waals surface area contributed by atoms with Crippen LogP contribution in [0.4, 0.5) is 0 Å². The fourth-order valence-electron chi connectivity index (χ4n) is 3.11. The smallest absolute Gasteiger partial charge is 0.271 e. The van der Waals surface area contributed by atoms with Gasteiger partial charge in [-0.1, -0.05) is 19.1 Å². The van der Waals surface area contributed by atoms with Gasteiger partial charge in [-0.05, 0) is 63.8 Å². The number of aromatic hydroxyl groups is 1. The summed E-state index contributed by atoms with van der Waals surface area (Å²) in [5.41, 5.74) is 1.35. The Hall–Kier alpha value is -3.07. The second-order valence-electron chi connectivity index (χ2n) is 7.07. The van der Waals surface area contributed by atoms with Crippen LogP contribution in [0.3, 0.4) is 0 Å². The molecule has 148 valence electrons. The number of nitrogens with zero attached hydrogens (tertiary/aromatic N) is 2. The van der Waals surface area contributed by atoms with Gasteiger partial charge in [-0.2, -0.15) is 5.26 Å². The number of ether oxygens (including phenoxy) is 1. The largest absolute Gasteiger partial charge is 0.494 e. The molecule has 2 unspecified atom stereocenters. The quantitative estimate of drug-likeness (QED) is 0.763. The highest BCUT2D eigenvalue weighted by Gasteiger charge is 2.29. The molecule has 2 rings (SSSR count). The Morgan fingerprint density at radius 1 is 1.25 bits per heavy atom. The van der Waals surface area contributed by atoms with E-state index >= 15 is 0 Å². The highest BCUT2D eigenvalue weighted by Crippen LogP contribution is 2.28. The average Bonchev–Trinajstić information content (AvgIpc) is 2.65. The number of benzene rings is 1. The molecule has 0 amide bonds. The van der Waals surface area contributed by atoms with E-state index in [1.54, 1.807) is 19.9 Å². The molecule has 1 heterocycles. The molecular formula is C22H26N2O4. The summed E-state index contributed by atoms with van der Waals surface area (Å²) in [6, 6.07) is 7.08. The van der Waals surface area contributed by atoms with Gasteiger partial charge in [0.1, 0.15) is 17.4 Å². The molecule has 0 aliphatic carbocycles. The van der Waals surface area contributed by atoms with Crippen LogP contribution in [-0.2, 0) is 0 Å². The molecule has 0 aliphatic rings. The van der Waals surface area contributed by atoms with Crippen molar-refractivity contribution < 1.29 is 14.6 Å². The van der Waals surface area contributed by atoms with Crippen molar-refractivity contribution in [3.05, 3.63) is 56.4 Å². The van der Waals surface area contributed by atoms with Gasteiger partial charge in [0.15, 0.2) is 6.10 Å². The van der Waals surface area contributed by atoms with Crippen LogP contribution in [0.2, 0.25) is 0 Å². The number of aromatic nitrogens is 1. The molecule has 1 N–H and O–H groups in total. The Bertz CT molecular complexity index is 1010. The van der Waals surface area contributed by atoms with Gasteiger partial charge in [-0.15, -0.1) is 0 Å². The second-order valence-corrected chi connectivity index (χ2v) is 7.07. The zero-order valence-electron chi connectivity index (χ0n) is 17.2. The molecule has 0 saturated carbocycles. The molecule has 0 bridgehead atoms. The number of aryl methyl sites for hydroxylation is 1. The summed E-state index contributed by atoms with van der Waals surface area (Å²) in [5.74, 6) is -0.324. The second kappa shape index (κ2) is 8.30. The fourth-order valence-corrected chi connectivity index (χ4v) is 3.11. The van der Waals surface area contributed by atoms with E-state index in [9.17, 15) is 20.0 Å². The summed E-state index contributed by atoms with van der Waals surface area (Å²) in [6.07, 6.45) is -0.344. The van der Waals surface area contributed by atoms with E-state index in [1.807, 2.05) is 39.0 Å². The number of carbonyl (C=O) groups is 1. The van der Waals surface area contributed by atoms with Crippen LogP contribution in [-0.4, -0.2) is 21.6 Å². The van der Waals surface area contributed by atoms with E-state index < -0.39 is 23.3 Å². The first-order valence-corrected chi connectivity index (χ1v) is 9.30. The van der Waals surface area contributed by atoms with Gasteiger partial charge in [0, 0.05) is 6.04 Å². The first-order chi connectivity index (χ1) is 13.1. The average molecular weight is 382 g/mol. The summed E-state index contributed by atoms with van der Waals surface area (Å²) >= 11 is 0. The molecular weight excluding hydrogens is 356 g/mol. The fraction of sp³-hybridized carbons (Fsp3) is 0.409. The number of ketones is 1. The standard InChI is InChI=1S/C22H26N2O4/c1-7-13(3)24-21(26)17(11-23)15(5)19(22(24)27)20(25)16(6)28-18-10-8-9-12(2)14(18)4/h8-10,13,16,27H,7H2,1-6H3. The van der Waals surface area contributed by atoms with E-state index in [2.05, 4.69) is 0 Å². The topological polar surface area (TPSA) is 92.3 Å². The van der Waals surface area contributed by atoms with Gasteiger partial charge in [0.05, 0.1) is 5.56 Å². The van der Waals surface area contributed by atoms with Gasteiger partial charge in [-0.3, -0.25) is 14.2 Å². The van der Waals surface area contributed by atoms with Crippen molar-refractivity contribution in [1.29, 1.82) is 5.26 Å². The van der Waals surface area contributed by atoms with Crippen molar-refractivity contribution in [2.75, 3.05) is 0 Å². The van der Waals surface area contributed by atoms with Gasteiger partial charge in [0.25, 0.3) is 5.56 Å². The van der Waals surface area contributed by atoms with Crippen molar-refractivity contribution in [3.8, 4) is 17.7 Å².